The lowest BCUT2D eigenvalue weighted by Gasteiger charge is -2.29. The van der Waals surface area contributed by atoms with Crippen molar-refractivity contribution < 1.29 is 28.8 Å². The fourth-order valence-corrected chi connectivity index (χ4v) is 6.22. The van der Waals surface area contributed by atoms with Crippen molar-refractivity contribution >= 4 is 35.4 Å². The Morgan fingerprint density at radius 3 is 2.39 bits per heavy atom. The molecule has 0 bridgehead atoms. The lowest BCUT2D eigenvalue weighted by atomic mass is 10.2. The van der Waals surface area contributed by atoms with E-state index in [1.807, 2.05) is 29.2 Å². The summed E-state index contributed by atoms with van der Waals surface area (Å²) >= 11 is 1.69. The maximum Gasteiger partial charge on any atom is 0.410 e. The predicted molar refractivity (Wildman–Crippen MR) is 153 cm³/mol. The first-order valence-corrected chi connectivity index (χ1v) is 14.5. The zero-order valence-electron chi connectivity index (χ0n) is 23.0. The Balaban J connectivity index is 1.42. The van der Waals surface area contributed by atoms with E-state index in [2.05, 4.69) is 0 Å². The number of ether oxygens (including phenoxy) is 2. The molecule has 0 radical (unpaired) electrons. The number of thioether (sulfide) groups is 1. The van der Waals surface area contributed by atoms with Crippen molar-refractivity contribution in [3.8, 4) is 5.75 Å². The Morgan fingerprint density at radius 1 is 1.02 bits per heavy atom. The van der Waals surface area contributed by atoms with E-state index in [1.165, 1.54) is 17.0 Å². The predicted octanol–water partition coefficient (Wildman–Crippen LogP) is 2.64. The molecule has 0 spiro atoms. The number of nitrogens with two attached hydrogens (primary N) is 1. The fraction of sp³-hybridized carbons (Fsp3) is 0.464. The Labute approximate surface area is 242 Å². The van der Waals surface area contributed by atoms with Gasteiger partial charge in [-0.3, -0.25) is 29.5 Å². The summed E-state index contributed by atoms with van der Waals surface area (Å²) in [5.74, 6) is 0.955. The van der Waals surface area contributed by atoms with Crippen molar-refractivity contribution in [2.75, 3.05) is 46.4 Å². The van der Waals surface area contributed by atoms with Crippen LogP contribution < -0.4 is 10.5 Å². The van der Waals surface area contributed by atoms with Gasteiger partial charge in [0.2, 0.25) is 11.8 Å². The van der Waals surface area contributed by atoms with Crippen molar-refractivity contribution in [1.29, 1.82) is 0 Å². The number of methoxy groups -OCH3 is 1. The average molecular weight is 586 g/mol. The van der Waals surface area contributed by atoms with Crippen LogP contribution in [0.15, 0.2) is 48.5 Å². The van der Waals surface area contributed by atoms with Crippen LogP contribution >= 0.6 is 11.8 Å². The van der Waals surface area contributed by atoms with Gasteiger partial charge in [0, 0.05) is 55.9 Å². The summed E-state index contributed by atoms with van der Waals surface area (Å²) < 4.78 is 10.8. The van der Waals surface area contributed by atoms with Gasteiger partial charge in [0.25, 0.3) is 5.69 Å². The smallest absolute Gasteiger partial charge is 0.410 e. The van der Waals surface area contributed by atoms with Gasteiger partial charge in [0.15, 0.2) is 0 Å². The van der Waals surface area contributed by atoms with Gasteiger partial charge < -0.3 is 20.1 Å². The van der Waals surface area contributed by atoms with Crippen molar-refractivity contribution in [2.24, 2.45) is 5.73 Å². The van der Waals surface area contributed by atoms with E-state index in [9.17, 15) is 24.5 Å². The molecule has 2 aromatic rings. The number of nitro benzene ring substituents is 1. The highest BCUT2D eigenvalue weighted by molar-refractivity contribution is 7.99. The topological polar surface area (TPSA) is 149 Å². The number of nitro groups is 1. The van der Waals surface area contributed by atoms with Crippen LogP contribution in [-0.2, 0) is 26.7 Å². The molecule has 220 valence electrons. The minimum absolute atomic E-state index is 0.0244. The molecule has 0 aromatic heterocycles. The van der Waals surface area contributed by atoms with Crippen LogP contribution in [0.25, 0.3) is 0 Å². The highest BCUT2D eigenvalue weighted by atomic mass is 32.2. The molecule has 13 heteroatoms. The van der Waals surface area contributed by atoms with Gasteiger partial charge in [-0.2, -0.15) is 11.8 Å². The van der Waals surface area contributed by atoms with E-state index in [0.717, 1.165) is 11.3 Å². The summed E-state index contributed by atoms with van der Waals surface area (Å²) in [4.78, 5) is 54.0. The monoisotopic (exact) mass is 585 g/mol. The maximum absolute atomic E-state index is 13.7. The number of primary amides is 1. The fourth-order valence-electron chi connectivity index (χ4n) is 5.01. The lowest BCUT2D eigenvalue weighted by Crippen LogP contribution is -2.49. The van der Waals surface area contributed by atoms with E-state index < -0.39 is 23.0 Å². The van der Waals surface area contributed by atoms with Gasteiger partial charge in [0.1, 0.15) is 18.4 Å². The van der Waals surface area contributed by atoms with Crippen LogP contribution in [0.1, 0.15) is 24.0 Å². The van der Waals surface area contributed by atoms with Gasteiger partial charge in [-0.25, -0.2) is 4.79 Å². The summed E-state index contributed by atoms with van der Waals surface area (Å²) in [5, 5.41) is 10.9. The van der Waals surface area contributed by atoms with Crippen molar-refractivity contribution in [3.63, 3.8) is 0 Å². The molecule has 41 heavy (non-hydrogen) atoms. The van der Waals surface area contributed by atoms with Crippen LogP contribution in [0.4, 0.5) is 10.5 Å². The Kier molecular flexibility index (Phi) is 10.4. The standard InChI is InChI=1S/C28H35N5O7S/c1-39-23-9-5-21(6-10-23)19-41-24-15-25(27(35)31-12-2-11-30(13-14-31)17-26(29)34)32(16-24)28(36)40-18-20-3-7-22(8-4-20)33(37)38/h3-10,24-25H,2,11-19H2,1H3,(H2,29,34)/t24-,25-/m0/s1. The molecular weight excluding hydrogens is 550 g/mol. The summed E-state index contributed by atoms with van der Waals surface area (Å²) in [6, 6.07) is 12.9. The Hall–Kier alpha value is -3.84. The zero-order valence-corrected chi connectivity index (χ0v) is 23.8. The summed E-state index contributed by atoms with van der Waals surface area (Å²) in [7, 11) is 1.62. The number of carbonyl (C=O) groups is 3. The van der Waals surface area contributed by atoms with E-state index >= 15 is 0 Å². The normalized spacial score (nSPS) is 19.4. The lowest BCUT2D eigenvalue weighted by molar-refractivity contribution is -0.384. The number of rotatable bonds is 10. The number of hydrogen-bond donors (Lipinski definition) is 1. The second-order valence-corrected chi connectivity index (χ2v) is 11.4. The van der Waals surface area contributed by atoms with Gasteiger partial charge in [-0.05, 0) is 48.2 Å². The maximum atomic E-state index is 13.7. The molecule has 2 N–H and O–H groups in total. The van der Waals surface area contributed by atoms with Crippen LogP contribution in [0.3, 0.4) is 0 Å². The molecule has 0 saturated carbocycles. The summed E-state index contributed by atoms with van der Waals surface area (Å²) in [6.07, 6.45) is 0.596. The molecule has 2 fully saturated rings. The molecule has 2 saturated heterocycles. The first kappa shape index (κ1) is 30.1. The average Bonchev–Trinajstić information content (AvgIpc) is 3.27. The molecular formula is C28H35N5O7S. The van der Waals surface area contributed by atoms with Gasteiger partial charge in [-0.1, -0.05) is 12.1 Å². The van der Waals surface area contributed by atoms with Crippen molar-refractivity contribution in [3.05, 3.63) is 69.8 Å². The second-order valence-electron chi connectivity index (χ2n) is 10.1. The van der Waals surface area contributed by atoms with Gasteiger partial charge >= 0.3 is 6.09 Å². The van der Waals surface area contributed by atoms with Crippen molar-refractivity contribution in [1.82, 2.24) is 14.7 Å². The number of carbonyl (C=O) groups excluding carboxylic acids is 3. The third-order valence-corrected chi connectivity index (χ3v) is 8.53. The van der Waals surface area contributed by atoms with E-state index in [1.54, 1.807) is 35.9 Å². The molecule has 4 rings (SSSR count). The molecule has 2 aromatic carbocycles. The number of benzene rings is 2. The molecule has 0 aliphatic carbocycles. The minimum Gasteiger partial charge on any atom is -0.497 e. The zero-order chi connectivity index (χ0) is 29.4. The molecule has 2 aliphatic rings. The van der Waals surface area contributed by atoms with Crippen LogP contribution in [0, 0.1) is 10.1 Å². The third kappa shape index (κ3) is 8.33. The van der Waals surface area contributed by atoms with Gasteiger partial charge in [-0.15, -0.1) is 0 Å². The number of amides is 3. The summed E-state index contributed by atoms with van der Waals surface area (Å²) in [6.45, 7) is 2.61. The number of nitrogens with zero attached hydrogens (tertiary/aromatic N) is 4. The second kappa shape index (κ2) is 14.2. The highest BCUT2D eigenvalue weighted by Crippen LogP contribution is 2.32. The molecule has 3 amide bonds. The first-order valence-electron chi connectivity index (χ1n) is 13.4. The van der Waals surface area contributed by atoms with Crippen LogP contribution in [0.5, 0.6) is 5.75 Å². The number of hydrogen-bond acceptors (Lipinski definition) is 9. The SMILES string of the molecule is COc1ccc(CS[C@H]2C[C@@H](C(=O)N3CCCN(CC(N)=O)CC3)N(C(=O)OCc3ccc([N+](=O)[O-])cc3)C2)cc1. The quantitative estimate of drug-likeness (QED) is 0.328. The molecule has 2 aliphatic heterocycles. The molecule has 2 heterocycles. The first-order chi connectivity index (χ1) is 19.7. The number of non-ortho nitro benzene ring substituents is 1. The molecule has 2 atom stereocenters. The number of likely N-dealkylation sites (tertiary alicyclic amines) is 1. The van der Waals surface area contributed by atoms with E-state index in [0.29, 0.717) is 56.9 Å². The highest BCUT2D eigenvalue weighted by Gasteiger charge is 2.42. The molecule has 0 unspecified atom stereocenters. The van der Waals surface area contributed by atoms with E-state index in [-0.39, 0.29) is 30.0 Å². The third-order valence-electron chi connectivity index (χ3n) is 7.22. The van der Waals surface area contributed by atoms with Crippen LogP contribution in [0.2, 0.25) is 0 Å². The van der Waals surface area contributed by atoms with Crippen molar-refractivity contribution in [2.45, 2.75) is 36.5 Å². The van der Waals surface area contributed by atoms with Gasteiger partial charge in [0.05, 0.1) is 18.6 Å². The largest absolute Gasteiger partial charge is 0.497 e. The minimum atomic E-state index is -0.671. The Bertz CT molecular complexity index is 1230. The van der Waals surface area contributed by atoms with E-state index in [4.69, 9.17) is 15.2 Å². The molecule has 12 nitrogen and oxygen atoms in total. The van der Waals surface area contributed by atoms with Crippen LogP contribution in [-0.4, -0.2) is 95.2 Å². The summed E-state index contributed by atoms with van der Waals surface area (Å²) in [5.41, 5.74) is 7.03. The Morgan fingerprint density at radius 2 is 1.73 bits per heavy atom.